The van der Waals surface area contributed by atoms with E-state index in [9.17, 15) is 0 Å². The molecule has 1 atom stereocenters. The van der Waals surface area contributed by atoms with E-state index < -0.39 is 0 Å². The lowest BCUT2D eigenvalue weighted by Crippen LogP contribution is -2.49. The van der Waals surface area contributed by atoms with E-state index in [-0.39, 0.29) is 0 Å². The number of piperazine rings is 1. The molecule has 0 bridgehead atoms. The average molecular weight is 407 g/mol. The Labute approximate surface area is 179 Å². The van der Waals surface area contributed by atoms with Gasteiger partial charge in [0.25, 0.3) is 0 Å². The van der Waals surface area contributed by atoms with Crippen molar-refractivity contribution >= 4 is 0 Å². The summed E-state index contributed by atoms with van der Waals surface area (Å²) in [4.78, 5) is 7.96. The standard InChI is InChI=1S/C24H46N4O/c1-20(2)22(5)25-18-23-17-24(19-29-23)7-11-26(12-8-24)9-6-10-27-13-15-28(16-14-27)21(3)4/h20-21,23,25H,5-19H2,1-4H3. The molecule has 3 saturated heterocycles. The van der Waals surface area contributed by atoms with Crippen LogP contribution in [-0.2, 0) is 4.74 Å². The zero-order valence-electron chi connectivity index (χ0n) is 19.6. The number of likely N-dealkylation sites (tertiary alicyclic amines) is 1. The zero-order valence-corrected chi connectivity index (χ0v) is 19.6. The van der Waals surface area contributed by atoms with E-state index >= 15 is 0 Å². The van der Waals surface area contributed by atoms with Crippen molar-refractivity contribution in [1.29, 1.82) is 0 Å². The molecule has 3 heterocycles. The Hall–Kier alpha value is -0.620. The van der Waals surface area contributed by atoms with Crippen LogP contribution in [0.5, 0.6) is 0 Å². The van der Waals surface area contributed by atoms with Gasteiger partial charge in [0.2, 0.25) is 0 Å². The highest BCUT2D eigenvalue weighted by molar-refractivity contribution is 4.98. The molecule has 0 aromatic carbocycles. The first-order valence-corrected chi connectivity index (χ1v) is 12.1. The van der Waals surface area contributed by atoms with Crippen molar-refractivity contribution in [3.63, 3.8) is 0 Å². The van der Waals surface area contributed by atoms with Crippen LogP contribution >= 0.6 is 0 Å². The molecule has 29 heavy (non-hydrogen) atoms. The molecule has 3 aliphatic rings. The summed E-state index contributed by atoms with van der Waals surface area (Å²) in [6, 6.07) is 0.696. The van der Waals surface area contributed by atoms with Crippen LogP contribution in [0.2, 0.25) is 0 Å². The van der Waals surface area contributed by atoms with Gasteiger partial charge in [0.15, 0.2) is 0 Å². The number of rotatable bonds is 9. The van der Waals surface area contributed by atoms with Crippen LogP contribution in [0.4, 0.5) is 0 Å². The third-order valence-corrected chi connectivity index (χ3v) is 7.54. The molecule has 0 saturated carbocycles. The molecule has 0 radical (unpaired) electrons. The largest absolute Gasteiger partial charge is 0.386 e. The molecule has 1 N–H and O–H groups in total. The van der Waals surface area contributed by atoms with Gasteiger partial charge >= 0.3 is 0 Å². The maximum atomic E-state index is 6.16. The Morgan fingerprint density at radius 3 is 2.21 bits per heavy atom. The van der Waals surface area contributed by atoms with Gasteiger partial charge in [0, 0.05) is 44.5 Å². The van der Waals surface area contributed by atoms with Crippen molar-refractivity contribution in [2.24, 2.45) is 11.3 Å². The molecular weight excluding hydrogens is 360 g/mol. The van der Waals surface area contributed by atoms with Gasteiger partial charge in [-0.05, 0) is 77.0 Å². The van der Waals surface area contributed by atoms with E-state index in [2.05, 4.69) is 54.3 Å². The first kappa shape index (κ1) is 23.1. The predicted molar refractivity (Wildman–Crippen MR) is 122 cm³/mol. The third-order valence-electron chi connectivity index (χ3n) is 7.54. The molecule has 3 rings (SSSR count). The summed E-state index contributed by atoms with van der Waals surface area (Å²) in [6.45, 7) is 25.0. The van der Waals surface area contributed by atoms with Crippen molar-refractivity contribution in [1.82, 2.24) is 20.0 Å². The van der Waals surface area contributed by atoms with E-state index in [1.54, 1.807) is 0 Å². The van der Waals surface area contributed by atoms with E-state index in [0.29, 0.717) is 23.5 Å². The minimum absolute atomic E-state index is 0.363. The quantitative estimate of drug-likeness (QED) is 0.636. The number of allylic oxidation sites excluding steroid dienone is 1. The SMILES string of the molecule is C=C(NCC1CC2(CCN(CCCN3CCN(C(C)C)CC3)CC2)CO1)C(C)C. The van der Waals surface area contributed by atoms with Gasteiger partial charge < -0.3 is 19.9 Å². The Morgan fingerprint density at radius 2 is 1.62 bits per heavy atom. The van der Waals surface area contributed by atoms with Crippen LogP contribution in [0.1, 0.15) is 53.4 Å². The number of hydrogen-bond acceptors (Lipinski definition) is 5. The molecule has 1 spiro atoms. The summed E-state index contributed by atoms with van der Waals surface area (Å²) >= 11 is 0. The second kappa shape index (κ2) is 10.6. The van der Waals surface area contributed by atoms with Crippen LogP contribution < -0.4 is 5.32 Å². The fraction of sp³-hybridized carbons (Fsp3) is 0.917. The summed E-state index contributed by atoms with van der Waals surface area (Å²) in [6.07, 6.45) is 5.51. The maximum absolute atomic E-state index is 6.16. The van der Waals surface area contributed by atoms with Crippen molar-refractivity contribution < 1.29 is 4.74 Å². The predicted octanol–water partition coefficient (Wildman–Crippen LogP) is 3.03. The molecule has 168 valence electrons. The smallest absolute Gasteiger partial charge is 0.0753 e. The number of nitrogens with zero attached hydrogens (tertiary/aromatic N) is 3. The lowest BCUT2D eigenvalue weighted by atomic mass is 9.76. The van der Waals surface area contributed by atoms with E-state index in [0.717, 1.165) is 18.8 Å². The van der Waals surface area contributed by atoms with Crippen molar-refractivity contribution in [2.45, 2.75) is 65.5 Å². The van der Waals surface area contributed by atoms with Crippen LogP contribution in [0, 0.1) is 11.3 Å². The number of ether oxygens (including phenoxy) is 1. The molecule has 3 fully saturated rings. The molecule has 5 heteroatoms. The summed E-state index contributed by atoms with van der Waals surface area (Å²) in [7, 11) is 0. The van der Waals surface area contributed by atoms with Crippen molar-refractivity contribution in [3.8, 4) is 0 Å². The van der Waals surface area contributed by atoms with Gasteiger partial charge in [-0.25, -0.2) is 0 Å². The Bertz CT molecular complexity index is 505. The maximum Gasteiger partial charge on any atom is 0.0753 e. The topological polar surface area (TPSA) is 31.0 Å². The van der Waals surface area contributed by atoms with Crippen molar-refractivity contribution in [3.05, 3.63) is 12.3 Å². The fourth-order valence-corrected chi connectivity index (χ4v) is 5.10. The van der Waals surface area contributed by atoms with Gasteiger partial charge in [-0.1, -0.05) is 20.4 Å². The summed E-state index contributed by atoms with van der Waals surface area (Å²) in [5, 5.41) is 3.49. The summed E-state index contributed by atoms with van der Waals surface area (Å²) in [5.74, 6) is 0.493. The number of piperidine rings is 1. The molecule has 0 amide bonds. The third kappa shape index (κ3) is 6.68. The lowest BCUT2D eigenvalue weighted by molar-refractivity contribution is 0.0624. The first-order valence-electron chi connectivity index (χ1n) is 12.1. The highest BCUT2D eigenvalue weighted by Gasteiger charge is 2.42. The summed E-state index contributed by atoms with van der Waals surface area (Å²) in [5.41, 5.74) is 1.57. The normalized spacial score (nSPS) is 26.6. The zero-order chi connectivity index (χ0) is 20.9. The minimum atomic E-state index is 0.363. The van der Waals surface area contributed by atoms with Gasteiger partial charge in [0.05, 0.1) is 12.7 Å². The molecule has 5 nitrogen and oxygen atoms in total. The molecule has 0 aromatic rings. The monoisotopic (exact) mass is 406 g/mol. The second-order valence-electron chi connectivity index (χ2n) is 10.4. The average Bonchev–Trinajstić information content (AvgIpc) is 3.10. The number of hydrogen-bond donors (Lipinski definition) is 1. The van der Waals surface area contributed by atoms with E-state index in [1.807, 2.05) is 0 Å². The van der Waals surface area contributed by atoms with Gasteiger partial charge in [-0.3, -0.25) is 4.90 Å². The molecule has 1 unspecified atom stereocenters. The Kier molecular flexibility index (Phi) is 8.43. The number of nitrogens with one attached hydrogen (secondary N) is 1. The second-order valence-corrected chi connectivity index (χ2v) is 10.4. The highest BCUT2D eigenvalue weighted by atomic mass is 16.5. The van der Waals surface area contributed by atoms with Crippen LogP contribution in [0.3, 0.4) is 0 Å². The van der Waals surface area contributed by atoms with Gasteiger partial charge in [0.1, 0.15) is 0 Å². The first-order chi connectivity index (χ1) is 13.9. The molecule has 0 aliphatic carbocycles. The van der Waals surface area contributed by atoms with Gasteiger partial charge in [-0.15, -0.1) is 0 Å². The van der Waals surface area contributed by atoms with Gasteiger partial charge in [-0.2, -0.15) is 0 Å². The van der Waals surface area contributed by atoms with Crippen LogP contribution in [0.15, 0.2) is 12.3 Å². The lowest BCUT2D eigenvalue weighted by Gasteiger charge is -2.39. The summed E-state index contributed by atoms with van der Waals surface area (Å²) < 4.78 is 6.16. The molecule has 0 aromatic heterocycles. The molecular formula is C24H46N4O. The Balaban J connectivity index is 1.28. The van der Waals surface area contributed by atoms with Crippen molar-refractivity contribution in [2.75, 3.05) is 65.5 Å². The van der Waals surface area contributed by atoms with E-state index in [4.69, 9.17) is 4.74 Å². The highest BCUT2D eigenvalue weighted by Crippen LogP contribution is 2.41. The van der Waals surface area contributed by atoms with Crippen LogP contribution in [-0.4, -0.2) is 92.4 Å². The molecule has 3 aliphatic heterocycles. The van der Waals surface area contributed by atoms with Crippen LogP contribution in [0.25, 0.3) is 0 Å². The fourth-order valence-electron chi connectivity index (χ4n) is 5.10. The van der Waals surface area contributed by atoms with E-state index in [1.165, 1.54) is 78.0 Å². The minimum Gasteiger partial charge on any atom is -0.386 e. The Morgan fingerprint density at radius 1 is 1.00 bits per heavy atom.